The highest BCUT2D eigenvalue weighted by Gasteiger charge is 2.45. The monoisotopic (exact) mass is 369 g/mol. The van der Waals surface area contributed by atoms with Crippen molar-refractivity contribution >= 4 is 11.8 Å². The van der Waals surface area contributed by atoms with Crippen molar-refractivity contribution in [2.24, 2.45) is 0 Å². The van der Waals surface area contributed by atoms with Crippen molar-refractivity contribution in [3.05, 3.63) is 35.5 Å². The lowest BCUT2D eigenvalue weighted by atomic mass is 9.87. The van der Waals surface area contributed by atoms with Crippen LogP contribution in [0.15, 0.2) is 18.6 Å². The molecule has 0 spiro atoms. The first kappa shape index (κ1) is 17.9. The molecule has 3 heterocycles. The Bertz CT molecular complexity index is 859. The molecule has 27 heavy (non-hydrogen) atoms. The summed E-state index contributed by atoms with van der Waals surface area (Å²) >= 11 is 0. The number of carboxylic acids is 1. The van der Waals surface area contributed by atoms with E-state index in [1.807, 2.05) is 12.3 Å². The number of fused-ring (bicyclic) bond motifs is 1. The van der Waals surface area contributed by atoms with Crippen LogP contribution in [0.2, 0.25) is 0 Å². The quantitative estimate of drug-likeness (QED) is 0.895. The van der Waals surface area contributed by atoms with E-state index in [4.69, 9.17) is 0 Å². The second-order valence-electron chi connectivity index (χ2n) is 8.70. The lowest BCUT2D eigenvalue weighted by Gasteiger charge is -2.40. The minimum atomic E-state index is -0.990. The van der Waals surface area contributed by atoms with Crippen LogP contribution in [0.4, 0.5) is 5.82 Å². The zero-order valence-electron chi connectivity index (χ0n) is 16.3. The normalized spacial score (nSPS) is 19.1. The number of carboxylic acid groups (broad SMARTS) is 1. The van der Waals surface area contributed by atoms with Gasteiger partial charge in [0.2, 0.25) is 0 Å². The van der Waals surface area contributed by atoms with Crippen LogP contribution in [-0.4, -0.2) is 43.9 Å². The number of aromatic nitrogens is 4. The summed E-state index contributed by atoms with van der Waals surface area (Å²) < 4.78 is 1.68. The number of anilines is 1. The Labute approximate surface area is 159 Å². The van der Waals surface area contributed by atoms with E-state index in [0.29, 0.717) is 25.9 Å². The highest BCUT2D eigenvalue weighted by Crippen LogP contribution is 2.35. The van der Waals surface area contributed by atoms with E-state index in [2.05, 4.69) is 40.7 Å². The van der Waals surface area contributed by atoms with Gasteiger partial charge in [-0.15, -0.1) is 0 Å². The highest BCUT2D eigenvalue weighted by atomic mass is 16.4. The molecule has 7 nitrogen and oxygen atoms in total. The van der Waals surface area contributed by atoms with Crippen LogP contribution in [0.3, 0.4) is 0 Å². The fourth-order valence-corrected chi connectivity index (χ4v) is 4.21. The van der Waals surface area contributed by atoms with Crippen LogP contribution in [0.5, 0.6) is 0 Å². The topological polar surface area (TPSA) is 84.1 Å². The smallest absolute Gasteiger partial charge is 0.331 e. The summed E-state index contributed by atoms with van der Waals surface area (Å²) in [4.78, 5) is 23.4. The standard InChI is InChI=1S/C20H27N5O2/c1-19(2,3)16-7-10-25(23-16)20(18(26)27)8-11-24(12-9-20)17-14-5-4-6-15(14)21-13-22-17/h7,10,13H,4-6,8-9,11-12H2,1-3H3,(H,26,27). The molecule has 0 amide bonds. The Morgan fingerprint density at radius 3 is 2.56 bits per heavy atom. The van der Waals surface area contributed by atoms with E-state index in [9.17, 15) is 9.90 Å². The second kappa shape index (κ2) is 6.32. The zero-order valence-corrected chi connectivity index (χ0v) is 16.3. The minimum Gasteiger partial charge on any atom is -0.479 e. The summed E-state index contributed by atoms with van der Waals surface area (Å²) in [6.45, 7) is 7.57. The van der Waals surface area contributed by atoms with Crippen molar-refractivity contribution in [3.8, 4) is 0 Å². The maximum atomic E-state index is 12.3. The number of hydrogen-bond donors (Lipinski definition) is 1. The number of carbonyl (C=O) groups is 1. The molecule has 0 aromatic carbocycles. The van der Waals surface area contributed by atoms with Gasteiger partial charge in [0.15, 0.2) is 5.54 Å². The van der Waals surface area contributed by atoms with Crippen molar-refractivity contribution in [2.75, 3.05) is 18.0 Å². The molecule has 144 valence electrons. The van der Waals surface area contributed by atoms with Gasteiger partial charge < -0.3 is 10.0 Å². The number of piperidine rings is 1. The number of nitrogens with zero attached hydrogens (tertiary/aromatic N) is 5. The summed E-state index contributed by atoms with van der Waals surface area (Å²) in [5, 5.41) is 14.7. The van der Waals surface area contributed by atoms with Gasteiger partial charge in [0.1, 0.15) is 12.1 Å². The molecule has 7 heteroatoms. The van der Waals surface area contributed by atoms with Gasteiger partial charge in [0.25, 0.3) is 0 Å². The lowest BCUT2D eigenvalue weighted by molar-refractivity contribution is -0.149. The van der Waals surface area contributed by atoms with Gasteiger partial charge in [-0.3, -0.25) is 4.68 Å². The molecule has 2 aromatic heterocycles. The third kappa shape index (κ3) is 2.99. The number of aliphatic carboxylic acids is 1. The van der Waals surface area contributed by atoms with Crippen LogP contribution < -0.4 is 4.90 Å². The average molecular weight is 369 g/mol. The third-order valence-corrected chi connectivity index (χ3v) is 5.94. The Morgan fingerprint density at radius 1 is 1.19 bits per heavy atom. The Balaban J connectivity index is 1.59. The molecule has 0 saturated carbocycles. The Morgan fingerprint density at radius 2 is 1.93 bits per heavy atom. The van der Waals surface area contributed by atoms with Crippen molar-refractivity contribution in [3.63, 3.8) is 0 Å². The van der Waals surface area contributed by atoms with Crippen molar-refractivity contribution < 1.29 is 9.90 Å². The lowest BCUT2D eigenvalue weighted by Crippen LogP contribution is -2.51. The van der Waals surface area contributed by atoms with Gasteiger partial charge in [-0.2, -0.15) is 5.10 Å². The Hall–Kier alpha value is -2.44. The van der Waals surface area contributed by atoms with Crippen LogP contribution in [0, 0.1) is 0 Å². The summed E-state index contributed by atoms with van der Waals surface area (Å²) in [5.41, 5.74) is 2.22. The molecule has 4 rings (SSSR count). The van der Waals surface area contributed by atoms with Crippen LogP contribution in [0.1, 0.15) is 57.0 Å². The molecule has 0 bridgehead atoms. The van der Waals surface area contributed by atoms with Crippen molar-refractivity contribution in [2.45, 2.75) is 63.8 Å². The van der Waals surface area contributed by atoms with Gasteiger partial charge in [-0.1, -0.05) is 20.8 Å². The molecule has 1 fully saturated rings. The fraction of sp³-hybridized carbons (Fsp3) is 0.600. The molecular formula is C20H27N5O2. The molecular weight excluding hydrogens is 342 g/mol. The molecule has 1 saturated heterocycles. The van der Waals surface area contributed by atoms with Gasteiger partial charge in [0, 0.05) is 48.8 Å². The summed E-state index contributed by atoms with van der Waals surface area (Å²) in [5.74, 6) is 0.186. The van der Waals surface area contributed by atoms with E-state index >= 15 is 0 Å². The minimum absolute atomic E-state index is 0.104. The van der Waals surface area contributed by atoms with Crippen LogP contribution in [0.25, 0.3) is 0 Å². The molecule has 0 unspecified atom stereocenters. The largest absolute Gasteiger partial charge is 0.479 e. The van der Waals surface area contributed by atoms with Gasteiger partial charge in [-0.25, -0.2) is 14.8 Å². The maximum Gasteiger partial charge on any atom is 0.331 e. The molecule has 2 aromatic rings. The second-order valence-corrected chi connectivity index (χ2v) is 8.70. The summed E-state index contributed by atoms with van der Waals surface area (Å²) in [7, 11) is 0. The molecule has 1 aliphatic carbocycles. The summed E-state index contributed by atoms with van der Waals surface area (Å²) in [6.07, 6.45) is 7.63. The average Bonchev–Trinajstić information content (AvgIpc) is 3.30. The predicted molar refractivity (Wildman–Crippen MR) is 102 cm³/mol. The van der Waals surface area contributed by atoms with E-state index in [1.165, 1.54) is 5.56 Å². The molecule has 2 aliphatic rings. The fourth-order valence-electron chi connectivity index (χ4n) is 4.21. The van der Waals surface area contributed by atoms with E-state index < -0.39 is 11.5 Å². The molecule has 0 atom stereocenters. The SMILES string of the molecule is CC(C)(C)c1ccn(C2(C(=O)O)CCN(c3ncnc4c3CCC4)CC2)n1. The van der Waals surface area contributed by atoms with E-state index in [-0.39, 0.29) is 5.41 Å². The van der Waals surface area contributed by atoms with Gasteiger partial charge in [-0.05, 0) is 25.3 Å². The maximum absolute atomic E-state index is 12.3. The zero-order chi connectivity index (χ0) is 19.2. The highest BCUT2D eigenvalue weighted by molar-refractivity contribution is 5.77. The number of aryl methyl sites for hydroxylation is 1. The molecule has 0 radical (unpaired) electrons. The van der Waals surface area contributed by atoms with Gasteiger partial charge >= 0.3 is 5.97 Å². The molecule has 1 N–H and O–H groups in total. The van der Waals surface area contributed by atoms with Crippen molar-refractivity contribution in [1.82, 2.24) is 19.7 Å². The first-order valence-corrected chi connectivity index (χ1v) is 9.69. The third-order valence-electron chi connectivity index (χ3n) is 5.94. The molecule has 1 aliphatic heterocycles. The van der Waals surface area contributed by atoms with E-state index in [1.54, 1.807) is 11.0 Å². The number of rotatable bonds is 3. The predicted octanol–water partition coefficient (Wildman–Crippen LogP) is 2.54. The number of hydrogen-bond acceptors (Lipinski definition) is 5. The Kier molecular flexibility index (Phi) is 4.20. The van der Waals surface area contributed by atoms with Gasteiger partial charge in [0.05, 0.1) is 5.69 Å². The van der Waals surface area contributed by atoms with E-state index in [0.717, 1.165) is 36.5 Å². The van der Waals surface area contributed by atoms with Crippen LogP contribution >= 0.6 is 0 Å². The first-order chi connectivity index (χ1) is 12.8. The van der Waals surface area contributed by atoms with Crippen LogP contribution in [-0.2, 0) is 28.6 Å². The summed E-state index contributed by atoms with van der Waals surface area (Å²) in [6, 6.07) is 1.94. The first-order valence-electron chi connectivity index (χ1n) is 9.69. The van der Waals surface area contributed by atoms with Crippen molar-refractivity contribution in [1.29, 1.82) is 0 Å².